The predicted octanol–water partition coefficient (Wildman–Crippen LogP) is 1.62. The van der Waals surface area contributed by atoms with Gasteiger partial charge in [-0.25, -0.2) is 9.07 Å². The minimum atomic E-state index is -1.07. The van der Waals surface area contributed by atoms with Gasteiger partial charge in [-0.1, -0.05) is 12.0 Å². The van der Waals surface area contributed by atoms with E-state index in [0.717, 1.165) is 25.0 Å². The summed E-state index contributed by atoms with van der Waals surface area (Å²) in [5.41, 5.74) is 7.42. The van der Waals surface area contributed by atoms with Gasteiger partial charge in [0, 0.05) is 32.7 Å². The van der Waals surface area contributed by atoms with Gasteiger partial charge in [0.2, 0.25) is 11.8 Å². The number of aliphatic hydroxyl groups is 1. The number of anilines is 2. The van der Waals surface area contributed by atoms with Gasteiger partial charge in [0.15, 0.2) is 11.3 Å². The third-order valence-electron chi connectivity index (χ3n) is 6.33. The zero-order valence-electron chi connectivity index (χ0n) is 20.0. The largest absolute Gasteiger partial charge is 0.386 e. The molecular weight excluding hydrogens is 449 g/mol. The van der Waals surface area contributed by atoms with E-state index in [1.807, 2.05) is 9.58 Å². The molecule has 10 nitrogen and oxygen atoms in total. The zero-order valence-corrected chi connectivity index (χ0v) is 20.0. The van der Waals surface area contributed by atoms with Crippen LogP contribution in [0.25, 0.3) is 16.7 Å². The van der Waals surface area contributed by atoms with E-state index in [4.69, 9.17) is 5.73 Å². The topological polar surface area (TPSA) is 114 Å². The second-order valence-electron chi connectivity index (χ2n) is 9.17. The monoisotopic (exact) mass is 477 g/mol. The summed E-state index contributed by atoms with van der Waals surface area (Å²) >= 11 is 0. The van der Waals surface area contributed by atoms with Crippen LogP contribution in [-0.4, -0.2) is 72.1 Å². The Morgan fingerprint density at radius 2 is 1.89 bits per heavy atom. The van der Waals surface area contributed by atoms with E-state index in [-0.39, 0.29) is 11.8 Å². The van der Waals surface area contributed by atoms with Crippen LogP contribution in [0.5, 0.6) is 0 Å². The molecule has 1 aliphatic rings. The molecule has 0 saturated carbocycles. The Morgan fingerprint density at radius 1 is 1.11 bits per heavy atom. The first kappa shape index (κ1) is 23.0. The number of nitrogen functional groups attached to an aromatic ring is 1. The first-order valence-corrected chi connectivity index (χ1v) is 11.5. The van der Waals surface area contributed by atoms with Gasteiger partial charge >= 0.3 is 0 Å². The van der Waals surface area contributed by atoms with E-state index in [1.54, 1.807) is 39.1 Å². The average Bonchev–Trinajstić information content (AvgIpc) is 3.42. The molecule has 1 saturated heterocycles. The summed E-state index contributed by atoms with van der Waals surface area (Å²) in [7, 11) is 0. The van der Waals surface area contributed by atoms with Crippen molar-refractivity contribution in [2.45, 2.75) is 32.9 Å². The second-order valence-corrected chi connectivity index (χ2v) is 9.17. The maximum atomic E-state index is 14.7. The first-order valence-electron chi connectivity index (χ1n) is 11.5. The fourth-order valence-electron chi connectivity index (χ4n) is 4.38. The Morgan fingerprint density at radius 3 is 2.57 bits per heavy atom. The van der Waals surface area contributed by atoms with Gasteiger partial charge in [-0.2, -0.15) is 19.6 Å². The molecule has 5 rings (SSSR count). The summed E-state index contributed by atoms with van der Waals surface area (Å²) in [5.74, 6) is 5.95. The molecule has 0 radical (unpaired) electrons. The van der Waals surface area contributed by atoms with Gasteiger partial charge in [0.05, 0.1) is 29.4 Å². The number of fused-ring (bicyclic) bond motifs is 3. The highest BCUT2D eigenvalue weighted by Crippen LogP contribution is 2.27. The second kappa shape index (κ2) is 8.79. The number of hydrogen-bond acceptors (Lipinski definition) is 8. The minimum absolute atomic E-state index is 0.233. The first-order chi connectivity index (χ1) is 16.7. The highest BCUT2D eigenvalue weighted by molar-refractivity contribution is 5.89. The highest BCUT2D eigenvalue weighted by atomic mass is 19.1. The van der Waals surface area contributed by atoms with Crippen molar-refractivity contribution < 1.29 is 9.50 Å². The fraction of sp³-hybridized carbons (Fsp3) is 0.417. The van der Waals surface area contributed by atoms with Crippen LogP contribution in [0.15, 0.2) is 24.4 Å². The van der Waals surface area contributed by atoms with Crippen molar-refractivity contribution in [3.63, 3.8) is 0 Å². The Balaban J connectivity index is 1.25. The molecule has 3 aromatic heterocycles. The van der Waals surface area contributed by atoms with Gasteiger partial charge < -0.3 is 15.7 Å². The van der Waals surface area contributed by atoms with Crippen LogP contribution >= 0.6 is 0 Å². The van der Waals surface area contributed by atoms with Gasteiger partial charge in [-0.3, -0.25) is 4.90 Å². The molecule has 1 aromatic carbocycles. The molecule has 0 bridgehead atoms. The van der Waals surface area contributed by atoms with E-state index in [0.29, 0.717) is 48.0 Å². The lowest BCUT2D eigenvalue weighted by Gasteiger charge is -2.36. The zero-order chi connectivity index (χ0) is 24.7. The molecule has 182 valence electrons. The minimum Gasteiger partial charge on any atom is -0.386 e. The highest BCUT2D eigenvalue weighted by Gasteiger charge is 2.23. The molecule has 1 aliphatic heterocycles. The molecule has 11 heteroatoms. The lowest BCUT2D eigenvalue weighted by atomic mass is 9.98. The Kier molecular flexibility index (Phi) is 5.78. The van der Waals surface area contributed by atoms with E-state index >= 15 is 0 Å². The van der Waals surface area contributed by atoms with Crippen molar-refractivity contribution in [2.24, 2.45) is 0 Å². The maximum absolute atomic E-state index is 14.7. The summed E-state index contributed by atoms with van der Waals surface area (Å²) in [6, 6.07) is 4.97. The molecule has 0 atom stereocenters. The van der Waals surface area contributed by atoms with Crippen molar-refractivity contribution in [3.8, 4) is 11.8 Å². The Labute approximate surface area is 202 Å². The Hall–Kier alpha value is -3.75. The number of rotatable bonds is 5. The number of hydrogen-bond donors (Lipinski definition) is 2. The number of piperazine rings is 1. The van der Waals surface area contributed by atoms with E-state index in [1.165, 1.54) is 10.6 Å². The smallest absolute Gasteiger partial charge is 0.226 e. The quantitative estimate of drug-likeness (QED) is 0.417. The van der Waals surface area contributed by atoms with E-state index < -0.39 is 5.60 Å². The third kappa shape index (κ3) is 4.38. The molecule has 0 aliphatic carbocycles. The lowest BCUT2D eigenvalue weighted by Crippen LogP contribution is -2.47. The van der Waals surface area contributed by atoms with Crippen molar-refractivity contribution >= 4 is 28.3 Å². The molecule has 0 spiro atoms. The van der Waals surface area contributed by atoms with Crippen molar-refractivity contribution in [2.75, 3.05) is 43.4 Å². The molecule has 3 N–H and O–H groups in total. The molecule has 4 aromatic rings. The van der Waals surface area contributed by atoms with E-state index in [9.17, 15) is 9.50 Å². The van der Waals surface area contributed by atoms with Gasteiger partial charge in [0.25, 0.3) is 0 Å². The predicted molar refractivity (Wildman–Crippen MR) is 131 cm³/mol. The summed E-state index contributed by atoms with van der Waals surface area (Å²) < 4.78 is 18.0. The van der Waals surface area contributed by atoms with Crippen LogP contribution in [0.2, 0.25) is 0 Å². The van der Waals surface area contributed by atoms with E-state index in [2.05, 4.69) is 36.9 Å². The number of halogens is 1. The number of aromatic nitrogens is 6. The third-order valence-corrected chi connectivity index (χ3v) is 6.33. The molecule has 0 amide bonds. The van der Waals surface area contributed by atoms with Gasteiger partial charge in [-0.05, 0) is 44.4 Å². The lowest BCUT2D eigenvalue weighted by molar-refractivity contribution is 0.0782. The molecule has 4 heterocycles. The van der Waals surface area contributed by atoms with Gasteiger partial charge in [-0.15, -0.1) is 5.10 Å². The summed E-state index contributed by atoms with van der Waals surface area (Å²) in [6.07, 6.45) is 1.73. The standard InChI is InChI=1S/C24H28FN9O/c1-4-5-20-28-22-17-15-27-33(21(17)29-23(26)34(22)30-20)13-10-31-8-11-32(12-9-31)19-7-6-16(14-18(19)25)24(2,3)35/h6-7,14-15,35H,8-13H2,1-3H3,(H2,26,29). The number of nitrogens with zero attached hydrogens (tertiary/aromatic N) is 8. The van der Waals surface area contributed by atoms with Crippen molar-refractivity contribution in [1.82, 2.24) is 34.3 Å². The molecule has 35 heavy (non-hydrogen) atoms. The normalized spacial score (nSPS) is 15.1. The SMILES string of the molecule is CC#Cc1nc2c3cnn(CCN4CCN(c5ccc(C(C)(C)O)cc5F)CC4)c3nc(N)n2n1. The molecular formula is C24H28FN9O. The van der Waals surface area contributed by atoms with Crippen LogP contribution in [0.3, 0.4) is 0 Å². The molecule has 0 unspecified atom stereocenters. The van der Waals surface area contributed by atoms with Crippen LogP contribution in [0.1, 0.15) is 32.2 Å². The van der Waals surface area contributed by atoms with Gasteiger partial charge in [0.1, 0.15) is 5.82 Å². The van der Waals surface area contributed by atoms with Crippen LogP contribution in [0.4, 0.5) is 16.0 Å². The summed E-state index contributed by atoms with van der Waals surface area (Å²) in [6.45, 7) is 9.47. The Bertz CT molecular complexity index is 1450. The van der Waals surface area contributed by atoms with Crippen LogP contribution < -0.4 is 10.6 Å². The van der Waals surface area contributed by atoms with Crippen molar-refractivity contribution in [1.29, 1.82) is 0 Å². The summed E-state index contributed by atoms with van der Waals surface area (Å²) in [4.78, 5) is 13.3. The molecule has 1 fully saturated rings. The number of benzene rings is 1. The number of nitrogens with two attached hydrogens (primary N) is 1. The maximum Gasteiger partial charge on any atom is 0.226 e. The van der Waals surface area contributed by atoms with Crippen LogP contribution in [0, 0.1) is 17.7 Å². The average molecular weight is 478 g/mol. The summed E-state index contributed by atoms with van der Waals surface area (Å²) in [5, 5.41) is 19.7. The van der Waals surface area contributed by atoms with Crippen molar-refractivity contribution in [3.05, 3.63) is 41.6 Å². The van der Waals surface area contributed by atoms with Crippen LogP contribution in [-0.2, 0) is 12.1 Å². The fourth-order valence-corrected chi connectivity index (χ4v) is 4.38.